The van der Waals surface area contributed by atoms with Crippen LogP contribution in [0.3, 0.4) is 0 Å². The normalized spacial score (nSPS) is 22.2. The van der Waals surface area contributed by atoms with Crippen LogP contribution in [0, 0.1) is 5.92 Å². The van der Waals surface area contributed by atoms with E-state index in [-0.39, 0.29) is 35.7 Å². The van der Waals surface area contributed by atoms with Gasteiger partial charge in [0.2, 0.25) is 0 Å². The van der Waals surface area contributed by atoms with Crippen molar-refractivity contribution in [2.75, 3.05) is 6.61 Å². The second-order valence-corrected chi connectivity index (χ2v) is 9.72. The van der Waals surface area contributed by atoms with Crippen LogP contribution in [0.4, 0.5) is 0 Å². The van der Waals surface area contributed by atoms with Crippen LogP contribution in [0.25, 0.3) is 0 Å². The first-order chi connectivity index (χ1) is 11.8. The van der Waals surface area contributed by atoms with Crippen LogP contribution < -0.4 is 0 Å². The van der Waals surface area contributed by atoms with Crippen molar-refractivity contribution in [2.45, 2.75) is 117 Å². The lowest BCUT2D eigenvalue weighted by molar-refractivity contribution is -0.307. The first-order valence-corrected chi connectivity index (χ1v) is 10.2. The summed E-state index contributed by atoms with van der Waals surface area (Å²) in [5, 5.41) is 12.0. The Labute approximate surface area is 160 Å². The van der Waals surface area contributed by atoms with Crippen LogP contribution in [0.15, 0.2) is 0 Å². The monoisotopic (exact) mass is 371 g/mol. The zero-order chi connectivity index (χ0) is 20.2. The minimum absolute atomic E-state index is 0.00522. The van der Waals surface area contributed by atoms with Crippen molar-refractivity contribution in [1.82, 2.24) is 5.06 Å². The molecule has 0 saturated carbocycles. The predicted molar refractivity (Wildman–Crippen MR) is 105 cm³/mol. The Hall–Kier alpha value is -0.650. The zero-order valence-electron chi connectivity index (χ0n) is 18.2. The van der Waals surface area contributed by atoms with Crippen LogP contribution in [0.5, 0.6) is 0 Å². The Balaban J connectivity index is 2.78. The lowest BCUT2D eigenvalue weighted by Crippen LogP contribution is -2.62. The summed E-state index contributed by atoms with van der Waals surface area (Å²) < 4.78 is 5.94. The number of carbonyl (C=O) groups is 1. The molecule has 1 aliphatic rings. The molecule has 0 amide bonds. The van der Waals surface area contributed by atoms with E-state index in [1.807, 2.05) is 5.06 Å². The molecule has 0 radical (unpaired) electrons. The van der Waals surface area contributed by atoms with Crippen LogP contribution in [0.1, 0.15) is 93.9 Å². The summed E-state index contributed by atoms with van der Waals surface area (Å²) in [6.45, 7) is 16.3. The van der Waals surface area contributed by atoms with E-state index in [0.29, 0.717) is 0 Å². The van der Waals surface area contributed by atoms with Crippen molar-refractivity contribution < 1.29 is 19.5 Å². The summed E-state index contributed by atoms with van der Waals surface area (Å²) in [6, 6.07) is 0. The number of aliphatic hydroxyl groups is 1. The van der Waals surface area contributed by atoms with Gasteiger partial charge in [-0.15, -0.1) is 0 Å². The Morgan fingerprint density at radius 3 is 2.15 bits per heavy atom. The zero-order valence-corrected chi connectivity index (χ0v) is 18.2. The molecule has 1 N–H and O–H groups in total. The summed E-state index contributed by atoms with van der Waals surface area (Å²) >= 11 is 0. The molecule has 0 aromatic heterocycles. The van der Waals surface area contributed by atoms with E-state index in [1.54, 1.807) is 13.8 Å². The van der Waals surface area contributed by atoms with E-state index in [0.717, 1.165) is 38.5 Å². The highest BCUT2D eigenvalue weighted by molar-refractivity contribution is 5.72. The highest BCUT2D eigenvalue weighted by atomic mass is 16.7. The Morgan fingerprint density at radius 2 is 1.73 bits per heavy atom. The topological polar surface area (TPSA) is 59.0 Å². The van der Waals surface area contributed by atoms with E-state index >= 15 is 0 Å². The van der Waals surface area contributed by atoms with Gasteiger partial charge in [0.05, 0.1) is 18.1 Å². The Morgan fingerprint density at radius 1 is 1.19 bits per heavy atom. The summed E-state index contributed by atoms with van der Waals surface area (Å²) in [5.74, 6) is -0.0472. The third-order valence-corrected chi connectivity index (χ3v) is 5.12. The molecule has 1 heterocycles. The predicted octanol–water partition coefficient (Wildman–Crippen LogP) is 4.47. The average Bonchev–Trinajstić information content (AvgIpc) is 2.44. The number of esters is 1. The largest absolute Gasteiger partial charge is 0.462 e. The number of piperidine rings is 1. The molecule has 1 fully saturated rings. The van der Waals surface area contributed by atoms with Gasteiger partial charge in [0, 0.05) is 23.9 Å². The average molecular weight is 372 g/mol. The van der Waals surface area contributed by atoms with Gasteiger partial charge in [0.15, 0.2) is 0 Å². The van der Waals surface area contributed by atoms with Gasteiger partial charge in [-0.1, -0.05) is 26.7 Å². The first kappa shape index (κ1) is 23.4. The maximum atomic E-state index is 12.6. The van der Waals surface area contributed by atoms with E-state index < -0.39 is 5.60 Å². The van der Waals surface area contributed by atoms with E-state index in [9.17, 15) is 9.90 Å². The molecule has 26 heavy (non-hydrogen) atoms. The summed E-state index contributed by atoms with van der Waals surface area (Å²) in [7, 11) is 0. The fraction of sp³-hybridized carbons (Fsp3) is 0.952. The number of ether oxygens (including phenoxy) is 1. The maximum absolute atomic E-state index is 12.6. The van der Waals surface area contributed by atoms with Gasteiger partial charge >= 0.3 is 5.97 Å². The molecular formula is C21H41NO4. The second kappa shape index (κ2) is 9.03. The van der Waals surface area contributed by atoms with Crippen LogP contribution in [-0.2, 0) is 14.4 Å². The van der Waals surface area contributed by atoms with Crippen molar-refractivity contribution >= 4 is 5.97 Å². The third-order valence-electron chi connectivity index (χ3n) is 5.12. The Kier molecular flexibility index (Phi) is 8.12. The number of hydroxylamine groups is 2. The van der Waals surface area contributed by atoms with Crippen LogP contribution >= 0.6 is 0 Å². The van der Waals surface area contributed by atoms with E-state index in [2.05, 4.69) is 41.5 Å². The lowest BCUT2D eigenvalue weighted by Gasteiger charge is -2.53. The van der Waals surface area contributed by atoms with Gasteiger partial charge < -0.3 is 9.84 Å². The summed E-state index contributed by atoms with van der Waals surface area (Å²) in [6.07, 6.45) is 5.24. The van der Waals surface area contributed by atoms with Gasteiger partial charge in [0.25, 0.3) is 0 Å². The molecule has 1 aliphatic heterocycles. The van der Waals surface area contributed by atoms with Crippen molar-refractivity contribution in [3.05, 3.63) is 0 Å². The fourth-order valence-electron chi connectivity index (χ4n) is 4.03. The van der Waals surface area contributed by atoms with Gasteiger partial charge in [-0.05, 0) is 54.4 Å². The van der Waals surface area contributed by atoms with Crippen molar-refractivity contribution in [2.24, 2.45) is 5.92 Å². The highest BCUT2D eigenvalue weighted by Crippen LogP contribution is 2.40. The number of unbranched alkanes of at least 4 members (excludes halogenated alkanes) is 1. The molecule has 0 aromatic carbocycles. The number of hydrogen-bond acceptors (Lipinski definition) is 5. The smallest absolute Gasteiger partial charge is 0.309 e. The second-order valence-electron chi connectivity index (χ2n) is 9.72. The van der Waals surface area contributed by atoms with Crippen molar-refractivity contribution in [3.8, 4) is 0 Å². The first-order valence-electron chi connectivity index (χ1n) is 10.2. The van der Waals surface area contributed by atoms with E-state index in [1.165, 1.54) is 0 Å². The lowest BCUT2D eigenvalue weighted by atomic mass is 9.80. The van der Waals surface area contributed by atoms with Crippen LogP contribution in [-0.4, -0.2) is 45.5 Å². The quantitative estimate of drug-likeness (QED) is 0.606. The van der Waals surface area contributed by atoms with Gasteiger partial charge in [-0.25, -0.2) is 0 Å². The molecule has 5 heteroatoms. The van der Waals surface area contributed by atoms with Crippen LogP contribution in [0.2, 0.25) is 0 Å². The molecule has 1 unspecified atom stereocenters. The molecule has 0 aromatic rings. The molecule has 0 spiro atoms. The molecule has 5 nitrogen and oxygen atoms in total. The standard InChI is InChI=1S/C21H41NO4/c1-9-11-12-16(10-2)18(23)26-17-13-19(3,4)22(20(5,6)14-17)25-15-21(7,8)24/h16-17,24H,9-15H2,1-8H3. The molecule has 1 saturated heterocycles. The van der Waals surface area contributed by atoms with Crippen molar-refractivity contribution in [3.63, 3.8) is 0 Å². The molecule has 1 atom stereocenters. The van der Waals surface area contributed by atoms with Crippen molar-refractivity contribution in [1.29, 1.82) is 0 Å². The molecular weight excluding hydrogens is 330 g/mol. The minimum atomic E-state index is -0.886. The number of rotatable bonds is 9. The molecule has 1 rings (SSSR count). The number of carbonyl (C=O) groups excluding carboxylic acids is 1. The molecule has 154 valence electrons. The third kappa shape index (κ3) is 6.82. The van der Waals surface area contributed by atoms with Gasteiger partial charge in [0.1, 0.15) is 6.10 Å². The van der Waals surface area contributed by atoms with Gasteiger partial charge in [-0.2, -0.15) is 5.06 Å². The number of nitrogens with zero attached hydrogens (tertiary/aromatic N) is 1. The summed E-state index contributed by atoms with van der Waals surface area (Å²) in [4.78, 5) is 18.6. The minimum Gasteiger partial charge on any atom is -0.462 e. The SMILES string of the molecule is CCCCC(CC)C(=O)OC1CC(C)(C)N(OCC(C)(C)O)C(C)(C)C1. The van der Waals surface area contributed by atoms with Gasteiger partial charge in [-0.3, -0.25) is 9.63 Å². The molecule has 0 aliphatic carbocycles. The summed E-state index contributed by atoms with van der Waals surface area (Å²) in [5.41, 5.74) is -1.46. The maximum Gasteiger partial charge on any atom is 0.309 e. The Bertz CT molecular complexity index is 435. The fourth-order valence-corrected chi connectivity index (χ4v) is 4.03. The molecule has 0 bridgehead atoms. The number of hydrogen-bond donors (Lipinski definition) is 1. The highest BCUT2D eigenvalue weighted by Gasteiger charge is 2.48. The van der Waals surface area contributed by atoms with E-state index in [4.69, 9.17) is 9.57 Å².